The summed E-state index contributed by atoms with van der Waals surface area (Å²) in [7, 11) is 0. The van der Waals surface area contributed by atoms with Crippen molar-refractivity contribution in [2.75, 3.05) is 0 Å². The Bertz CT molecular complexity index is 151. The number of aliphatic imine (C=N–C) groups is 1. The van der Waals surface area contributed by atoms with Gasteiger partial charge in [0.25, 0.3) is 0 Å². The van der Waals surface area contributed by atoms with E-state index in [1.54, 1.807) is 0 Å². The van der Waals surface area contributed by atoms with E-state index in [4.69, 9.17) is 17.2 Å². The number of hydrogen-bond acceptors (Lipinski definition) is 2. The standard InChI is InChI=1S/C7H16N4/c8-5-2-1-3-6(4-5)11-7(9)10/h5-6H,1-4,8H2,(H4,9,10,11). The first-order valence-corrected chi connectivity index (χ1v) is 4.03. The van der Waals surface area contributed by atoms with Crippen LogP contribution in [-0.4, -0.2) is 18.0 Å². The second-order valence-electron chi connectivity index (χ2n) is 3.13. The fourth-order valence-electron chi connectivity index (χ4n) is 1.53. The molecule has 4 heteroatoms. The minimum absolute atomic E-state index is 0.184. The number of nitrogens with two attached hydrogens (primary N) is 3. The van der Waals surface area contributed by atoms with Gasteiger partial charge < -0.3 is 17.2 Å². The van der Waals surface area contributed by atoms with Crippen molar-refractivity contribution < 1.29 is 0 Å². The summed E-state index contributed by atoms with van der Waals surface area (Å²) in [4.78, 5) is 4.08. The zero-order valence-electron chi connectivity index (χ0n) is 6.66. The highest BCUT2D eigenvalue weighted by molar-refractivity contribution is 5.75. The van der Waals surface area contributed by atoms with Crippen molar-refractivity contribution in [3.63, 3.8) is 0 Å². The van der Waals surface area contributed by atoms with Gasteiger partial charge in [0.1, 0.15) is 0 Å². The van der Waals surface area contributed by atoms with Crippen molar-refractivity contribution in [2.45, 2.75) is 37.8 Å². The highest BCUT2D eigenvalue weighted by atomic mass is 15.0. The first-order chi connectivity index (χ1) is 5.18. The largest absolute Gasteiger partial charge is 0.370 e. The molecule has 1 aliphatic rings. The van der Waals surface area contributed by atoms with E-state index in [2.05, 4.69) is 4.99 Å². The molecule has 0 aliphatic heterocycles. The summed E-state index contributed by atoms with van der Waals surface area (Å²) >= 11 is 0. The van der Waals surface area contributed by atoms with Crippen LogP contribution in [0, 0.1) is 0 Å². The summed E-state index contributed by atoms with van der Waals surface area (Å²) in [6.07, 6.45) is 4.25. The average molecular weight is 156 g/mol. The van der Waals surface area contributed by atoms with Crippen molar-refractivity contribution in [1.29, 1.82) is 0 Å². The van der Waals surface area contributed by atoms with Crippen LogP contribution in [0.25, 0.3) is 0 Å². The van der Waals surface area contributed by atoms with Gasteiger partial charge >= 0.3 is 0 Å². The van der Waals surface area contributed by atoms with Crippen molar-refractivity contribution >= 4 is 5.96 Å². The molecule has 2 unspecified atom stereocenters. The van der Waals surface area contributed by atoms with Crippen LogP contribution in [-0.2, 0) is 0 Å². The van der Waals surface area contributed by atoms with Crippen molar-refractivity contribution in [3.05, 3.63) is 0 Å². The normalized spacial score (nSPS) is 31.4. The van der Waals surface area contributed by atoms with Crippen LogP contribution in [0.15, 0.2) is 4.99 Å². The first kappa shape index (κ1) is 8.33. The third kappa shape index (κ3) is 2.76. The highest BCUT2D eigenvalue weighted by Gasteiger charge is 2.17. The summed E-state index contributed by atoms with van der Waals surface area (Å²) in [6, 6.07) is 0.556. The fraction of sp³-hybridized carbons (Fsp3) is 0.857. The Morgan fingerprint density at radius 1 is 1.27 bits per heavy atom. The van der Waals surface area contributed by atoms with Gasteiger partial charge in [0.2, 0.25) is 0 Å². The zero-order chi connectivity index (χ0) is 8.27. The number of nitrogens with zero attached hydrogens (tertiary/aromatic N) is 1. The molecule has 0 heterocycles. The predicted octanol–water partition coefficient (Wildman–Crippen LogP) is -0.470. The van der Waals surface area contributed by atoms with Crippen LogP contribution in [0.3, 0.4) is 0 Å². The number of rotatable bonds is 1. The Hall–Kier alpha value is -0.770. The molecule has 1 fully saturated rings. The highest BCUT2D eigenvalue weighted by Crippen LogP contribution is 2.19. The van der Waals surface area contributed by atoms with Gasteiger partial charge in [0.15, 0.2) is 5.96 Å². The Morgan fingerprint density at radius 2 is 2.00 bits per heavy atom. The molecule has 0 bridgehead atoms. The average Bonchev–Trinajstić information content (AvgIpc) is 1.85. The molecule has 0 radical (unpaired) electrons. The molecule has 1 aliphatic carbocycles. The van der Waals surface area contributed by atoms with Gasteiger partial charge in [-0.25, -0.2) is 0 Å². The van der Waals surface area contributed by atoms with Crippen molar-refractivity contribution in [1.82, 2.24) is 0 Å². The second kappa shape index (κ2) is 3.57. The lowest BCUT2D eigenvalue weighted by molar-refractivity contribution is 0.394. The second-order valence-corrected chi connectivity index (χ2v) is 3.13. The molecule has 0 spiro atoms. The fourth-order valence-corrected chi connectivity index (χ4v) is 1.53. The summed E-state index contributed by atoms with van der Waals surface area (Å²) in [5, 5.41) is 0. The van der Waals surface area contributed by atoms with E-state index in [1.165, 1.54) is 0 Å². The molecule has 0 aromatic carbocycles. The molecule has 1 saturated carbocycles. The van der Waals surface area contributed by atoms with Gasteiger partial charge in [-0.1, -0.05) is 0 Å². The van der Waals surface area contributed by atoms with E-state index in [9.17, 15) is 0 Å². The summed E-state index contributed by atoms with van der Waals surface area (Å²) in [6.45, 7) is 0. The van der Waals surface area contributed by atoms with E-state index in [-0.39, 0.29) is 18.0 Å². The van der Waals surface area contributed by atoms with Gasteiger partial charge in [-0.05, 0) is 25.7 Å². The van der Waals surface area contributed by atoms with Crippen LogP contribution in [0.1, 0.15) is 25.7 Å². The van der Waals surface area contributed by atoms with Crippen molar-refractivity contribution in [3.8, 4) is 0 Å². The molecule has 11 heavy (non-hydrogen) atoms. The van der Waals surface area contributed by atoms with Gasteiger partial charge in [-0.15, -0.1) is 0 Å². The van der Waals surface area contributed by atoms with Crippen molar-refractivity contribution in [2.24, 2.45) is 22.2 Å². The first-order valence-electron chi connectivity index (χ1n) is 4.03. The van der Waals surface area contributed by atoms with E-state index < -0.39 is 0 Å². The van der Waals surface area contributed by atoms with Gasteiger partial charge in [-0.3, -0.25) is 4.99 Å². The lowest BCUT2D eigenvalue weighted by atomic mass is 9.92. The Morgan fingerprint density at radius 3 is 2.55 bits per heavy atom. The van der Waals surface area contributed by atoms with E-state index in [0.717, 1.165) is 25.7 Å². The third-order valence-electron chi connectivity index (χ3n) is 2.02. The number of guanidine groups is 1. The molecule has 2 atom stereocenters. The maximum Gasteiger partial charge on any atom is 0.186 e. The summed E-state index contributed by atoms with van der Waals surface area (Å²) < 4.78 is 0. The predicted molar refractivity (Wildman–Crippen MR) is 46.0 cm³/mol. The SMILES string of the molecule is NC(N)=NC1CCCC(N)C1. The maximum absolute atomic E-state index is 5.75. The van der Waals surface area contributed by atoms with E-state index in [1.807, 2.05) is 0 Å². The van der Waals surface area contributed by atoms with Gasteiger partial charge in [0.05, 0.1) is 6.04 Å². The van der Waals surface area contributed by atoms with E-state index in [0.29, 0.717) is 0 Å². The minimum Gasteiger partial charge on any atom is -0.370 e. The smallest absolute Gasteiger partial charge is 0.186 e. The lowest BCUT2D eigenvalue weighted by Crippen LogP contribution is -2.32. The van der Waals surface area contributed by atoms with Crippen LogP contribution in [0.5, 0.6) is 0 Å². The van der Waals surface area contributed by atoms with Crippen LogP contribution in [0.2, 0.25) is 0 Å². The molecular weight excluding hydrogens is 140 g/mol. The maximum atomic E-state index is 5.75. The Balaban J connectivity index is 2.40. The molecule has 1 rings (SSSR count). The van der Waals surface area contributed by atoms with Crippen LogP contribution in [0.4, 0.5) is 0 Å². The molecule has 0 amide bonds. The quantitative estimate of drug-likeness (QED) is 0.354. The zero-order valence-corrected chi connectivity index (χ0v) is 6.66. The minimum atomic E-state index is 0.184. The Labute approximate surface area is 66.8 Å². The molecule has 0 aromatic rings. The lowest BCUT2D eigenvalue weighted by Gasteiger charge is -2.23. The van der Waals surface area contributed by atoms with Gasteiger partial charge in [-0.2, -0.15) is 0 Å². The molecular formula is C7H16N4. The molecule has 4 nitrogen and oxygen atoms in total. The summed E-state index contributed by atoms with van der Waals surface area (Å²) in [5.74, 6) is 0.184. The topological polar surface area (TPSA) is 90.4 Å². The monoisotopic (exact) mass is 156 g/mol. The molecule has 64 valence electrons. The molecule has 0 saturated heterocycles. The Kier molecular flexibility index (Phi) is 2.70. The third-order valence-corrected chi connectivity index (χ3v) is 2.02. The van der Waals surface area contributed by atoms with Crippen LogP contribution >= 0.6 is 0 Å². The van der Waals surface area contributed by atoms with Crippen LogP contribution < -0.4 is 17.2 Å². The summed E-state index contributed by atoms with van der Waals surface area (Å²) in [5.41, 5.74) is 16.3. The van der Waals surface area contributed by atoms with E-state index >= 15 is 0 Å². The molecule has 6 N–H and O–H groups in total. The molecule has 0 aromatic heterocycles. The van der Waals surface area contributed by atoms with Gasteiger partial charge in [0, 0.05) is 6.04 Å². The number of hydrogen-bond donors (Lipinski definition) is 3.